The first-order valence-corrected chi connectivity index (χ1v) is 9.05. The Balaban J connectivity index is 1.77. The normalized spacial score (nSPS) is 16.8. The van der Waals surface area contributed by atoms with E-state index < -0.39 is 0 Å². The average molecular weight is 341 g/mol. The first-order valence-electron chi connectivity index (χ1n) is 9.05. The van der Waals surface area contributed by atoms with E-state index >= 15 is 0 Å². The number of hydrogen-bond acceptors (Lipinski definition) is 4. The molecule has 25 heavy (non-hydrogen) atoms. The largest absolute Gasteiger partial charge is 0.361 e. The van der Waals surface area contributed by atoms with Crippen molar-refractivity contribution in [3.05, 3.63) is 52.9 Å². The van der Waals surface area contributed by atoms with Gasteiger partial charge < -0.3 is 9.42 Å². The highest BCUT2D eigenvalue weighted by Gasteiger charge is 2.28. The number of benzene rings is 1. The van der Waals surface area contributed by atoms with Crippen LogP contribution in [0.4, 0.5) is 0 Å². The van der Waals surface area contributed by atoms with Crippen molar-refractivity contribution in [1.29, 1.82) is 0 Å². The van der Waals surface area contributed by atoms with Crippen molar-refractivity contribution < 1.29 is 9.32 Å². The SMILES string of the molecule is Cc1noc(C)c1CN[C@@H](C(=O)N1CCC(C)CC1)c1ccccc1. The number of aromatic nitrogens is 1. The number of nitrogens with one attached hydrogen (secondary N) is 1. The van der Waals surface area contributed by atoms with Gasteiger partial charge in [-0.2, -0.15) is 0 Å². The van der Waals surface area contributed by atoms with Gasteiger partial charge in [-0.05, 0) is 38.2 Å². The molecule has 134 valence electrons. The number of rotatable bonds is 5. The smallest absolute Gasteiger partial charge is 0.244 e. The van der Waals surface area contributed by atoms with E-state index in [0.717, 1.165) is 48.5 Å². The van der Waals surface area contributed by atoms with E-state index in [2.05, 4.69) is 17.4 Å². The molecule has 0 saturated carbocycles. The third kappa shape index (κ3) is 4.10. The summed E-state index contributed by atoms with van der Waals surface area (Å²) in [7, 11) is 0. The summed E-state index contributed by atoms with van der Waals surface area (Å²) in [6, 6.07) is 9.60. The predicted octanol–water partition coefficient (Wildman–Crippen LogP) is 3.38. The number of piperidine rings is 1. The monoisotopic (exact) mass is 341 g/mol. The van der Waals surface area contributed by atoms with Gasteiger partial charge in [-0.3, -0.25) is 10.1 Å². The van der Waals surface area contributed by atoms with Gasteiger partial charge in [-0.25, -0.2) is 0 Å². The molecular formula is C20H27N3O2. The quantitative estimate of drug-likeness (QED) is 0.906. The molecule has 1 N–H and O–H groups in total. The number of hydrogen-bond donors (Lipinski definition) is 1. The molecule has 1 fully saturated rings. The molecule has 2 aromatic rings. The zero-order valence-electron chi connectivity index (χ0n) is 15.3. The number of nitrogens with zero attached hydrogens (tertiary/aromatic N) is 2. The molecule has 1 saturated heterocycles. The topological polar surface area (TPSA) is 58.4 Å². The Morgan fingerprint density at radius 3 is 2.56 bits per heavy atom. The van der Waals surface area contributed by atoms with Gasteiger partial charge in [0.1, 0.15) is 11.8 Å². The Morgan fingerprint density at radius 2 is 1.96 bits per heavy atom. The Hall–Kier alpha value is -2.14. The minimum Gasteiger partial charge on any atom is -0.361 e. The third-order valence-corrected chi connectivity index (χ3v) is 5.14. The van der Waals surface area contributed by atoms with Gasteiger partial charge in [0.15, 0.2) is 0 Å². The van der Waals surface area contributed by atoms with Gasteiger partial charge in [0.25, 0.3) is 0 Å². The van der Waals surface area contributed by atoms with Crippen molar-refractivity contribution in [2.24, 2.45) is 5.92 Å². The van der Waals surface area contributed by atoms with Gasteiger partial charge in [-0.15, -0.1) is 0 Å². The van der Waals surface area contributed by atoms with E-state index in [4.69, 9.17) is 4.52 Å². The van der Waals surface area contributed by atoms with Crippen LogP contribution < -0.4 is 5.32 Å². The Morgan fingerprint density at radius 1 is 1.28 bits per heavy atom. The molecule has 0 spiro atoms. The van der Waals surface area contributed by atoms with Crippen LogP contribution in [0.5, 0.6) is 0 Å². The summed E-state index contributed by atoms with van der Waals surface area (Å²) in [5, 5.41) is 7.44. The maximum Gasteiger partial charge on any atom is 0.244 e. The Labute approximate surface area is 149 Å². The number of aryl methyl sites for hydroxylation is 2. The summed E-state index contributed by atoms with van der Waals surface area (Å²) in [6.45, 7) is 8.34. The zero-order valence-corrected chi connectivity index (χ0v) is 15.3. The van der Waals surface area contributed by atoms with Crippen LogP contribution in [-0.4, -0.2) is 29.1 Å². The summed E-state index contributed by atoms with van der Waals surface area (Å²) >= 11 is 0. The van der Waals surface area contributed by atoms with Crippen LogP contribution in [0.1, 0.15) is 48.4 Å². The molecule has 0 aliphatic carbocycles. The van der Waals surface area contributed by atoms with Crippen molar-refractivity contribution >= 4 is 5.91 Å². The molecular weight excluding hydrogens is 314 g/mol. The highest BCUT2D eigenvalue weighted by Crippen LogP contribution is 2.23. The number of amides is 1. The van der Waals surface area contributed by atoms with Crippen molar-refractivity contribution in [3.63, 3.8) is 0 Å². The third-order valence-electron chi connectivity index (χ3n) is 5.14. The second kappa shape index (κ2) is 7.83. The average Bonchev–Trinajstić information content (AvgIpc) is 2.95. The molecule has 1 amide bonds. The van der Waals surface area contributed by atoms with E-state index in [0.29, 0.717) is 12.5 Å². The van der Waals surface area contributed by atoms with E-state index in [1.165, 1.54) is 0 Å². The standard InChI is InChI=1S/C20H27N3O2/c1-14-9-11-23(12-10-14)20(24)19(17-7-5-4-6-8-17)21-13-18-15(2)22-25-16(18)3/h4-8,14,19,21H,9-13H2,1-3H3/t19-/m1/s1. The van der Waals surface area contributed by atoms with Gasteiger partial charge in [0, 0.05) is 25.2 Å². The lowest BCUT2D eigenvalue weighted by atomic mass is 9.97. The van der Waals surface area contributed by atoms with Gasteiger partial charge >= 0.3 is 0 Å². The molecule has 3 rings (SSSR count). The van der Waals surface area contributed by atoms with Crippen LogP contribution in [0.25, 0.3) is 0 Å². The van der Waals surface area contributed by atoms with E-state index in [1.807, 2.05) is 49.1 Å². The van der Waals surface area contributed by atoms with Crippen molar-refractivity contribution in [2.45, 2.75) is 46.2 Å². The molecule has 0 radical (unpaired) electrons. The first kappa shape index (κ1) is 17.7. The predicted molar refractivity (Wildman–Crippen MR) is 97.0 cm³/mol. The summed E-state index contributed by atoms with van der Waals surface area (Å²) in [5.74, 6) is 1.66. The van der Waals surface area contributed by atoms with Crippen molar-refractivity contribution in [2.75, 3.05) is 13.1 Å². The fourth-order valence-corrected chi connectivity index (χ4v) is 3.36. The molecule has 1 aliphatic heterocycles. The molecule has 1 aromatic heterocycles. The van der Waals surface area contributed by atoms with Gasteiger partial charge in [-0.1, -0.05) is 42.4 Å². The Kier molecular flexibility index (Phi) is 5.53. The van der Waals surface area contributed by atoms with E-state index in [1.54, 1.807) is 0 Å². The number of carbonyl (C=O) groups excluding carboxylic acids is 1. The number of carbonyl (C=O) groups is 1. The van der Waals surface area contributed by atoms with Crippen molar-refractivity contribution in [3.8, 4) is 0 Å². The summed E-state index contributed by atoms with van der Waals surface area (Å²) in [5.41, 5.74) is 2.90. The lowest BCUT2D eigenvalue weighted by Gasteiger charge is -2.33. The lowest BCUT2D eigenvalue weighted by Crippen LogP contribution is -2.44. The summed E-state index contributed by atoms with van der Waals surface area (Å²) < 4.78 is 5.24. The molecule has 0 bridgehead atoms. The molecule has 0 unspecified atom stereocenters. The molecule has 1 aliphatic rings. The van der Waals surface area contributed by atoms with E-state index in [-0.39, 0.29) is 11.9 Å². The lowest BCUT2D eigenvalue weighted by molar-refractivity contribution is -0.135. The van der Waals surface area contributed by atoms with Gasteiger partial charge in [0.05, 0.1) is 5.69 Å². The molecule has 2 heterocycles. The fourth-order valence-electron chi connectivity index (χ4n) is 3.36. The van der Waals surface area contributed by atoms with Crippen LogP contribution in [0.2, 0.25) is 0 Å². The van der Waals surface area contributed by atoms with E-state index in [9.17, 15) is 4.79 Å². The number of likely N-dealkylation sites (tertiary alicyclic amines) is 1. The van der Waals surface area contributed by atoms with Crippen LogP contribution in [-0.2, 0) is 11.3 Å². The minimum absolute atomic E-state index is 0.157. The second-order valence-electron chi connectivity index (χ2n) is 7.04. The second-order valence-corrected chi connectivity index (χ2v) is 7.04. The first-order chi connectivity index (χ1) is 12.1. The molecule has 1 aromatic carbocycles. The van der Waals surface area contributed by atoms with Gasteiger partial charge in [0.2, 0.25) is 5.91 Å². The van der Waals surface area contributed by atoms with Crippen LogP contribution in [0, 0.1) is 19.8 Å². The van der Waals surface area contributed by atoms with Crippen LogP contribution in [0.15, 0.2) is 34.9 Å². The summed E-state index contributed by atoms with van der Waals surface area (Å²) in [4.78, 5) is 15.2. The van der Waals surface area contributed by atoms with Crippen molar-refractivity contribution in [1.82, 2.24) is 15.4 Å². The molecule has 1 atom stereocenters. The summed E-state index contributed by atoms with van der Waals surface area (Å²) in [6.07, 6.45) is 2.16. The molecule has 5 heteroatoms. The Bertz CT molecular complexity index is 683. The fraction of sp³-hybridized carbons (Fsp3) is 0.500. The highest BCUT2D eigenvalue weighted by molar-refractivity contribution is 5.83. The minimum atomic E-state index is -0.344. The maximum absolute atomic E-state index is 13.2. The highest BCUT2D eigenvalue weighted by atomic mass is 16.5. The van der Waals surface area contributed by atoms with Crippen LogP contribution >= 0.6 is 0 Å². The van der Waals surface area contributed by atoms with Crippen LogP contribution in [0.3, 0.4) is 0 Å². The maximum atomic E-state index is 13.2. The zero-order chi connectivity index (χ0) is 17.8. The molecule has 5 nitrogen and oxygen atoms in total.